The maximum absolute atomic E-state index is 6.09. The number of benzene rings is 2. The average molecular weight is 660 g/mol. The molecule has 7 nitrogen and oxygen atoms in total. The molecular weight excluding hydrogens is 611 g/mol. The van der Waals surface area contributed by atoms with Crippen LogP contribution in [0.5, 0.6) is 5.75 Å². The Hall–Kier alpha value is -2.55. The van der Waals surface area contributed by atoms with Gasteiger partial charge in [-0.25, -0.2) is 4.98 Å². The monoisotopic (exact) mass is 658 g/mol. The Labute approximate surface area is 278 Å². The fourth-order valence-corrected chi connectivity index (χ4v) is 6.44. The molecule has 44 heavy (non-hydrogen) atoms. The maximum atomic E-state index is 6.09. The summed E-state index contributed by atoms with van der Waals surface area (Å²) in [5, 5.41) is 19.8. The molecule has 3 rings (SSSR count). The first kappa shape index (κ1) is 35.9. The number of methoxy groups -OCH3 is 1. The molecule has 0 saturated heterocycles. The van der Waals surface area contributed by atoms with Crippen molar-refractivity contribution < 1.29 is 4.74 Å². The molecule has 0 aliphatic rings. The second-order valence-electron chi connectivity index (χ2n) is 11.5. The van der Waals surface area contributed by atoms with Crippen LogP contribution in [0.1, 0.15) is 90.3 Å². The van der Waals surface area contributed by atoms with Crippen LogP contribution in [0.4, 0.5) is 27.2 Å². The first-order valence-corrected chi connectivity index (χ1v) is 17.5. The molecular formula is C34H48Cl2N6OS. The van der Waals surface area contributed by atoms with Crippen LogP contribution in [0.25, 0.3) is 0 Å². The molecule has 0 aliphatic heterocycles. The van der Waals surface area contributed by atoms with Crippen molar-refractivity contribution in [3.63, 3.8) is 0 Å². The van der Waals surface area contributed by atoms with Crippen molar-refractivity contribution in [3.05, 3.63) is 51.6 Å². The molecule has 0 amide bonds. The predicted octanol–water partition coefficient (Wildman–Crippen LogP) is 13.1. The van der Waals surface area contributed by atoms with Gasteiger partial charge in [0.1, 0.15) is 5.75 Å². The lowest BCUT2D eigenvalue weighted by Crippen LogP contribution is -2.34. The fraction of sp³-hybridized carbons (Fsp3) is 0.559. The molecule has 2 unspecified atom stereocenters. The van der Waals surface area contributed by atoms with Crippen molar-refractivity contribution in [2.24, 2.45) is 32.3 Å². The van der Waals surface area contributed by atoms with Gasteiger partial charge in [-0.1, -0.05) is 101 Å². The van der Waals surface area contributed by atoms with Crippen molar-refractivity contribution in [2.75, 3.05) is 25.1 Å². The highest BCUT2D eigenvalue weighted by atomic mass is 35.5. The van der Waals surface area contributed by atoms with Gasteiger partial charge in [-0.3, -0.25) is 0 Å². The molecule has 0 fully saturated rings. The summed E-state index contributed by atoms with van der Waals surface area (Å²) < 4.78 is 5.98. The SMILES string of the molecule is CCCCC(CC)CN(CC(CC)CCCC)c1cc(C)c(/N=N/c2nc(C)c(N=Nc3cc(Cl)cc(Cl)c3)s2)cc1OC. The van der Waals surface area contributed by atoms with Crippen LogP contribution in [-0.4, -0.2) is 25.2 Å². The normalized spacial score (nSPS) is 13.2. The number of hydrogen-bond acceptors (Lipinski definition) is 8. The molecule has 0 aliphatic carbocycles. The second kappa shape index (κ2) is 18.4. The van der Waals surface area contributed by atoms with E-state index in [1.165, 1.54) is 62.7 Å². The van der Waals surface area contributed by atoms with Crippen molar-refractivity contribution >= 4 is 61.7 Å². The van der Waals surface area contributed by atoms with Gasteiger partial charge in [-0.2, -0.15) is 0 Å². The predicted molar refractivity (Wildman–Crippen MR) is 188 cm³/mol. The van der Waals surface area contributed by atoms with E-state index in [0.29, 0.717) is 37.7 Å². The van der Waals surface area contributed by atoms with Gasteiger partial charge < -0.3 is 9.64 Å². The van der Waals surface area contributed by atoms with Crippen LogP contribution < -0.4 is 9.64 Å². The number of unbranched alkanes of at least 4 members (excludes halogenated alkanes) is 2. The number of nitrogens with zero attached hydrogens (tertiary/aromatic N) is 6. The number of aryl methyl sites for hydroxylation is 2. The zero-order valence-corrected chi connectivity index (χ0v) is 29.7. The molecule has 0 saturated carbocycles. The Morgan fingerprint density at radius 1 is 0.818 bits per heavy atom. The van der Waals surface area contributed by atoms with Gasteiger partial charge in [-0.15, -0.1) is 20.5 Å². The Morgan fingerprint density at radius 2 is 1.43 bits per heavy atom. The van der Waals surface area contributed by atoms with E-state index < -0.39 is 0 Å². The van der Waals surface area contributed by atoms with E-state index in [1.54, 1.807) is 25.3 Å². The van der Waals surface area contributed by atoms with E-state index in [9.17, 15) is 0 Å². The highest BCUT2D eigenvalue weighted by Crippen LogP contribution is 2.39. The number of aromatic nitrogens is 1. The minimum absolute atomic E-state index is 0.505. The molecule has 240 valence electrons. The lowest BCUT2D eigenvalue weighted by molar-refractivity contribution is 0.390. The van der Waals surface area contributed by atoms with E-state index in [-0.39, 0.29) is 0 Å². The highest BCUT2D eigenvalue weighted by molar-refractivity contribution is 7.19. The van der Waals surface area contributed by atoms with Gasteiger partial charge in [0, 0.05) is 29.2 Å². The van der Waals surface area contributed by atoms with Gasteiger partial charge in [0.15, 0.2) is 5.00 Å². The summed E-state index contributed by atoms with van der Waals surface area (Å²) in [5.74, 6) is 2.13. The minimum atomic E-state index is 0.505. The summed E-state index contributed by atoms with van der Waals surface area (Å²) in [4.78, 5) is 7.12. The third-order valence-electron chi connectivity index (χ3n) is 7.99. The number of hydrogen-bond donors (Lipinski definition) is 0. The van der Waals surface area contributed by atoms with Gasteiger partial charge in [0.25, 0.3) is 0 Å². The van der Waals surface area contributed by atoms with E-state index in [1.807, 2.05) is 13.0 Å². The summed E-state index contributed by atoms with van der Waals surface area (Å²) in [6, 6.07) is 9.29. The smallest absolute Gasteiger partial charge is 0.232 e. The average Bonchev–Trinajstić information content (AvgIpc) is 3.36. The molecule has 0 bridgehead atoms. The summed E-state index contributed by atoms with van der Waals surface area (Å²) >= 11 is 13.5. The number of rotatable bonds is 18. The van der Waals surface area contributed by atoms with Crippen LogP contribution in [0, 0.1) is 25.7 Å². The molecule has 10 heteroatoms. The van der Waals surface area contributed by atoms with Crippen LogP contribution in [0.15, 0.2) is 50.8 Å². The Morgan fingerprint density at radius 3 is 1.98 bits per heavy atom. The molecule has 0 spiro atoms. The lowest BCUT2D eigenvalue weighted by atomic mass is 9.95. The zero-order chi connectivity index (χ0) is 32.1. The molecule has 3 aromatic rings. The second-order valence-corrected chi connectivity index (χ2v) is 13.3. The van der Waals surface area contributed by atoms with Crippen molar-refractivity contribution in [2.45, 2.75) is 92.9 Å². The van der Waals surface area contributed by atoms with E-state index in [2.05, 4.69) is 71.0 Å². The van der Waals surface area contributed by atoms with E-state index in [0.717, 1.165) is 41.5 Å². The summed E-state index contributed by atoms with van der Waals surface area (Å²) in [7, 11) is 1.74. The molecule has 1 heterocycles. The van der Waals surface area contributed by atoms with Gasteiger partial charge >= 0.3 is 0 Å². The van der Waals surface area contributed by atoms with Crippen LogP contribution >= 0.6 is 34.5 Å². The molecule has 2 atom stereocenters. The third kappa shape index (κ3) is 10.8. The van der Waals surface area contributed by atoms with Crippen molar-refractivity contribution in [1.29, 1.82) is 0 Å². The Bertz CT molecular complexity index is 1350. The molecule has 0 N–H and O–H groups in total. The number of anilines is 1. The van der Waals surface area contributed by atoms with Crippen LogP contribution in [0.3, 0.4) is 0 Å². The van der Waals surface area contributed by atoms with Gasteiger partial charge in [-0.05, 0) is 68.4 Å². The topological polar surface area (TPSA) is 74.8 Å². The molecule has 0 radical (unpaired) electrons. The van der Waals surface area contributed by atoms with Crippen LogP contribution in [0.2, 0.25) is 10.0 Å². The first-order chi connectivity index (χ1) is 21.2. The van der Waals surface area contributed by atoms with E-state index in [4.69, 9.17) is 27.9 Å². The fourth-order valence-electron chi connectivity index (χ4n) is 5.22. The Kier molecular flexibility index (Phi) is 15.0. The molecule has 1 aromatic heterocycles. The van der Waals surface area contributed by atoms with Gasteiger partial charge in [0.05, 0.1) is 29.9 Å². The lowest BCUT2D eigenvalue weighted by Gasteiger charge is -2.33. The van der Waals surface area contributed by atoms with Crippen LogP contribution in [-0.2, 0) is 0 Å². The van der Waals surface area contributed by atoms with Gasteiger partial charge in [0.2, 0.25) is 5.13 Å². The third-order valence-corrected chi connectivity index (χ3v) is 9.35. The number of ether oxygens (including phenoxy) is 1. The minimum Gasteiger partial charge on any atom is -0.495 e. The van der Waals surface area contributed by atoms with Crippen molar-refractivity contribution in [3.8, 4) is 5.75 Å². The van der Waals surface area contributed by atoms with E-state index >= 15 is 0 Å². The number of halogens is 2. The van der Waals surface area contributed by atoms with Crippen molar-refractivity contribution in [1.82, 2.24) is 4.98 Å². The summed E-state index contributed by atoms with van der Waals surface area (Å²) in [6.07, 6.45) is 9.86. The first-order valence-electron chi connectivity index (χ1n) is 15.9. The summed E-state index contributed by atoms with van der Waals surface area (Å²) in [6.45, 7) is 15.2. The standard InChI is InChI=1S/C34H48Cl2N6OS/c1-8-12-14-25(10-3)21-42(22-26(11-4)15-13-9-2)31-16-23(5)30(20-32(31)43-7)39-41-34-37-24(6)33(44-34)40-38-29-18-27(35)17-28(36)19-29/h16-20,25-26H,8-15,21-22H2,1-7H3/b40-38?,41-39+. The Balaban J connectivity index is 1.87. The summed E-state index contributed by atoms with van der Waals surface area (Å²) in [5.41, 5.74) is 4.24. The maximum Gasteiger partial charge on any atom is 0.232 e. The quantitative estimate of drug-likeness (QED) is 0.128. The number of thiazole rings is 1. The molecule has 2 aromatic carbocycles. The zero-order valence-electron chi connectivity index (χ0n) is 27.4. The number of azo groups is 2. The largest absolute Gasteiger partial charge is 0.495 e. The highest BCUT2D eigenvalue weighted by Gasteiger charge is 2.21.